The predicted octanol–water partition coefficient (Wildman–Crippen LogP) is 4.08. The number of halogens is 3. The van der Waals surface area contributed by atoms with Crippen LogP contribution in [0.25, 0.3) is 22.1 Å². The Hall–Kier alpha value is -5.15. The summed E-state index contributed by atoms with van der Waals surface area (Å²) < 4.78 is 99.0. The summed E-state index contributed by atoms with van der Waals surface area (Å²) in [5, 5.41) is 24.3. The molecular weight excluding hydrogens is 619 g/mol. The first kappa shape index (κ1) is 30.8. The molecule has 3 aromatic carbocycles. The van der Waals surface area contributed by atoms with Crippen LogP contribution in [-0.4, -0.2) is 51.5 Å². The molecule has 4 N–H and O–H groups in total. The van der Waals surface area contributed by atoms with E-state index in [1.165, 1.54) is 6.07 Å². The Labute approximate surface area is 241 Å². The van der Waals surface area contributed by atoms with E-state index in [-0.39, 0.29) is 27.8 Å². The van der Waals surface area contributed by atoms with Gasteiger partial charge in [-0.2, -0.15) is 18.4 Å². The predicted molar refractivity (Wildman–Crippen MR) is 147 cm³/mol. The number of sulfonamides is 2. The van der Waals surface area contributed by atoms with Gasteiger partial charge in [-0.15, -0.1) is 0 Å². The summed E-state index contributed by atoms with van der Waals surface area (Å²) in [5.74, 6) is -2.48. The largest absolute Gasteiger partial charge is 0.478 e. The summed E-state index contributed by atoms with van der Waals surface area (Å²) in [6.07, 6.45) is -3.54. The number of aromatic carboxylic acids is 1. The van der Waals surface area contributed by atoms with Crippen LogP contribution in [0, 0.1) is 11.3 Å². The number of carboxylic acid groups (broad SMARTS) is 1. The molecule has 4 aromatic rings. The highest BCUT2D eigenvalue weighted by atomic mass is 32.2. The molecule has 13 nitrogen and oxygen atoms in total. The lowest BCUT2D eigenvalue weighted by atomic mass is 9.96. The molecule has 1 aromatic heterocycles. The smallest absolute Gasteiger partial charge is 0.417 e. The van der Waals surface area contributed by atoms with Gasteiger partial charge in [-0.05, 0) is 48.0 Å². The van der Waals surface area contributed by atoms with Crippen LogP contribution < -0.4 is 14.8 Å². The minimum atomic E-state index is -5.03. The first-order valence-corrected chi connectivity index (χ1v) is 15.3. The lowest BCUT2D eigenvalue weighted by Gasteiger charge is -2.18. The molecule has 0 fully saturated rings. The minimum absolute atomic E-state index is 0.00432. The standard InChI is InChI=1S/C25H18F3N5O8S2/c1-42(37,38)32-13-4-5-14(18(8-13)25(26,27)28)15-10-21-17(9-20(15)33-43(2,39)40)22(31-41-21)23(34)30-19-6-3-12(11-29)7-16(19)24(35)36/h3-10,32-33H,1-2H3,(H,30,34)(H,35,36). The molecule has 1 amide bonds. The maximum absolute atomic E-state index is 14.1. The molecule has 43 heavy (non-hydrogen) atoms. The molecule has 1 heterocycles. The van der Waals surface area contributed by atoms with E-state index in [2.05, 4.69) is 15.2 Å². The highest BCUT2D eigenvalue weighted by Crippen LogP contribution is 2.43. The number of nitriles is 1. The van der Waals surface area contributed by atoms with Gasteiger partial charge in [0, 0.05) is 11.3 Å². The average molecular weight is 638 g/mol. The Morgan fingerprint density at radius 1 is 0.930 bits per heavy atom. The van der Waals surface area contributed by atoms with E-state index in [0.717, 1.165) is 48.9 Å². The van der Waals surface area contributed by atoms with E-state index in [0.29, 0.717) is 6.07 Å². The summed E-state index contributed by atoms with van der Waals surface area (Å²) in [6, 6.07) is 9.71. The van der Waals surface area contributed by atoms with Crippen LogP contribution in [0.2, 0.25) is 0 Å². The first-order valence-electron chi connectivity index (χ1n) is 11.6. The third kappa shape index (κ3) is 7.02. The van der Waals surface area contributed by atoms with Gasteiger partial charge in [0.1, 0.15) is 0 Å². The molecule has 18 heteroatoms. The lowest BCUT2D eigenvalue weighted by molar-refractivity contribution is -0.137. The van der Waals surface area contributed by atoms with Crippen molar-refractivity contribution in [3.63, 3.8) is 0 Å². The van der Waals surface area contributed by atoms with Crippen molar-refractivity contribution in [3.8, 4) is 17.2 Å². The first-order chi connectivity index (χ1) is 19.9. The van der Waals surface area contributed by atoms with Crippen molar-refractivity contribution in [2.24, 2.45) is 0 Å². The number of carbonyl (C=O) groups is 2. The van der Waals surface area contributed by atoms with E-state index < -0.39 is 71.9 Å². The van der Waals surface area contributed by atoms with Crippen LogP contribution in [0.3, 0.4) is 0 Å². The van der Waals surface area contributed by atoms with Crippen LogP contribution in [0.1, 0.15) is 32.0 Å². The fraction of sp³-hybridized carbons (Fsp3) is 0.120. The molecule has 224 valence electrons. The maximum atomic E-state index is 14.1. The number of nitrogens with zero attached hydrogens (tertiary/aromatic N) is 2. The van der Waals surface area contributed by atoms with Crippen molar-refractivity contribution in [2.45, 2.75) is 6.18 Å². The number of carboxylic acids is 1. The molecule has 0 unspecified atom stereocenters. The van der Waals surface area contributed by atoms with Gasteiger partial charge in [0.05, 0.1) is 52.0 Å². The second-order valence-corrected chi connectivity index (χ2v) is 12.6. The molecule has 0 bridgehead atoms. The Balaban J connectivity index is 1.88. The monoisotopic (exact) mass is 637 g/mol. The molecule has 0 saturated carbocycles. The number of anilines is 3. The number of hydrogen-bond acceptors (Lipinski definition) is 9. The van der Waals surface area contributed by atoms with E-state index in [4.69, 9.17) is 9.78 Å². The number of aromatic nitrogens is 1. The molecule has 0 aliphatic rings. The molecule has 0 atom stereocenters. The number of rotatable bonds is 8. The average Bonchev–Trinajstić information content (AvgIpc) is 3.29. The Kier molecular flexibility index (Phi) is 7.82. The topological polar surface area (TPSA) is 209 Å². The van der Waals surface area contributed by atoms with Gasteiger partial charge in [-0.1, -0.05) is 11.2 Å². The van der Waals surface area contributed by atoms with Crippen LogP contribution >= 0.6 is 0 Å². The van der Waals surface area contributed by atoms with Gasteiger partial charge < -0.3 is 14.9 Å². The molecule has 0 aliphatic heterocycles. The number of carbonyl (C=O) groups excluding carboxylic acids is 1. The number of fused-ring (bicyclic) bond motifs is 1. The van der Waals surface area contributed by atoms with E-state index in [1.807, 2.05) is 4.72 Å². The zero-order chi connectivity index (χ0) is 31.9. The highest BCUT2D eigenvalue weighted by molar-refractivity contribution is 7.92. The summed E-state index contributed by atoms with van der Waals surface area (Å²) in [4.78, 5) is 24.7. The van der Waals surface area contributed by atoms with Crippen LogP contribution in [0.5, 0.6) is 0 Å². The normalized spacial score (nSPS) is 12.0. The molecule has 0 aliphatic carbocycles. The van der Waals surface area contributed by atoms with Gasteiger partial charge >= 0.3 is 12.1 Å². The number of benzene rings is 3. The Morgan fingerprint density at radius 2 is 1.60 bits per heavy atom. The van der Waals surface area contributed by atoms with Crippen molar-refractivity contribution in [1.29, 1.82) is 5.26 Å². The SMILES string of the molecule is CS(=O)(=O)Nc1ccc(-c2cc3onc(C(=O)Nc4ccc(C#N)cc4C(=O)O)c3cc2NS(C)(=O)=O)c(C(F)(F)F)c1. The van der Waals surface area contributed by atoms with Gasteiger partial charge in [0.25, 0.3) is 5.91 Å². The molecule has 0 radical (unpaired) electrons. The van der Waals surface area contributed by atoms with Crippen molar-refractivity contribution in [1.82, 2.24) is 5.16 Å². The number of amides is 1. The fourth-order valence-corrected chi connectivity index (χ4v) is 5.15. The number of alkyl halides is 3. The summed E-state index contributed by atoms with van der Waals surface area (Å²) >= 11 is 0. The van der Waals surface area contributed by atoms with Gasteiger partial charge in [0.2, 0.25) is 20.0 Å². The lowest BCUT2D eigenvalue weighted by Crippen LogP contribution is -2.16. The molecular formula is C25H18F3N5O8S2. The van der Waals surface area contributed by atoms with Crippen molar-refractivity contribution >= 4 is 60.0 Å². The number of hydrogen-bond donors (Lipinski definition) is 4. The molecule has 4 rings (SSSR count). The van der Waals surface area contributed by atoms with E-state index >= 15 is 0 Å². The van der Waals surface area contributed by atoms with Crippen LogP contribution in [-0.2, 0) is 26.2 Å². The maximum Gasteiger partial charge on any atom is 0.417 e. The number of nitrogens with one attached hydrogen (secondary N) is 3. The minimum Gasteiger partial charge on any atom is -0.478 e. The molecule has 0 saturated heterocycles. The van der Waals surface area contributed by atoms with E-state index in [9.17, 15) is 44.7 Å². The van der Waals surface area contributed by atoms with Gasteiger partial charge in [-0.25, -0.2) is 21.6 Å². The summed E-state index contributed by atoms with van der Waals surface area (Å²) in [6.45, 7) is 0. The third-order valence-electron chi connectivity index (χ3n) is 5.67. The Morgan fingerprint density at radius 3 is 2.19 bits per heavy atom. The van der Waals surface area contributed by atoms with Crippen LogP contribution in [0.4, 0.5) is 30.2 Å². The zero-order valence-corrected chi connectivity index (χ0v) is 23.4. The third-order valence-corrected chi connectivity index (χ3v) is 6.86. The fourth-order valence-electron chi connectivity index (χ4n) is 4.03. The van der Waals surface area contributed by atoms with Gasteiger partial charge in [0.15, 0.2) is 11.3 Å². The van der Waals surface area contributed by atoms with E-state index in [1.54, 1.807) is 6.07 Å². The van der Waals surface area contributed by atoms with Gasteiger partial charge in [-0.3, -0.25) is 14.2 Å². The van der Waals surface area contributed by atoms with Crippen molar-refractivity contribution in [2.75, 3.05) is 27.3 Å². The quantitative estimate of drug-likeness (QED) is 0.218. The Bertz CT molecular complexity index is 2070. The van der Waals surface area contributed by atoms with Crippen molar-refractivity contribution in [3.05, 3.63) is 70.9 Å². The molecule has 0 spiro atoms. The second-order valence-electron chi connectivity index (χ2n) is 9.06. The second kappa shape index (κ2) is 10.9. The summed E-state index contributed by atoms with van der Waals surface area (Å²) in [5.41, 5.74) is -4.39. The van der Waals surface area contributed by atoms with Crippen molar-refractivity contribution < 1.29 is 49.2 Å². The van der Waals surface area contributed by atoms with Crippen LogP contribution in [0.15, 0.2) is 53.1 Å². The summed E-state index contributed by atoms with van der Waals surface area (Å²) in [7, 11) is -8.04. The zero-order valence-electron chi connectivity index (χ0n) is 21.8. The highest BCUT2D eigenvalue weighted by Gasteiger charge is 2.35.